The molecule has 0 saturated heterocycles. The van der Waals surface area contributed by atoms with Gasteiger partial charge in [-0.25, -0.2) is 4.98 Å². The summed E-state index contributed by atoms with van der Waals surface area (Å²) in [6.07, 6.45) is 7.46. The number of rotatable bonds is 7. The van der Waals surface area contributed by atoms with Crippen molar-refractivity contribution in [3.63, 3.8) is 0 Å². The summed E-state index contributed by atoms with van der Waals surface area (Å²) >= 11 is 5.21. The van der Waals surface area contributed by atoms with Crippen molar-refractivity contribution in [3.8, 4) is 17.3 Å². The lowest BCUT2D eigenvalue weighted by atomic mass is 10.2. The van der Waals surface area contributed by atoms with Crippen molar-refractivity contribution in [2.24, 2.45) is 4.99 Å². The standard InChI is InChI=1S/C18H19N5O3S/c1-26-15-6-3-2-5-14(15)23-17(25)13(16(24)21-18(23)27)11-19-7-4-9-22-10-8-20-12-22/h2-3,5-6,8,10-12,25H,4,7,9H2,1H3,(H,21,24,27). The minimum atomic E-state index is -0.498. The van der Waals surface area contributed by atoms with Crippen LogP contribution in [0.2, 0.25) is 0 Å². The molecule has 0 amide bonds. The number of hydrogen-bond donors (Lipinski definition) is 2. The molecule has 9 heteroatoms. The third-order valence-corrected chi connectivity index (χ3v) is 4.21. The van der Waals surface area contributed by atoms with E-state index in [1.54, 1.807) is 36.8 Å². The van der Waals surface area contributed by atoms with E-state index in [9.17, 15) is 9.90 Å². The Morgan fingerprint density at radius 1 is 1.41 bits per heavy atom. The molecule has 3 aromatic rings. The van der Waals surface area contributed by atoms with E-state index in [4.69, 9.17) is 17.0 Å². The number of aliphatic imine (C=N–C) groups is 1. The zero-order chi connectivity index (χ0) is 19.2. The Balaban J connectivity index is 1.87. The molecular formula is C18H19N5O3S. The monoisotopic (exact) mass is 385 g/mol. The van der Waals surface area contributed by atoms with Crippen LogP contribution in [0.1, 0.15) is 12.0 Å². The molecule has 2 N–H and O–H groups in total. The molecule has 2 heterocycles. The van der Waals surface area contributed by atoms with E-state index in [1.807, 2.05) is 10.8 Å². The summed E-state index contributed by atoms with van der Waals surface area (Å²) in [5.74, 6) is 0.228. The Bertz CT molecular complexity index is 1050. The summed E-state index contributed by atoms with van der Waals surface area (Å²) in [6, 6.07) is 7.07. The van der Waals surface area contributed by atoms with Gasteiger partial charge < -0.3 is 14.4 Å². The molecule has 0 fully saturated rings. The molecule has 0 radical (unpaired) electrons. The van der Waals surface area contributed by atoms with Gasteiger partial charge in [0.1, 0.15) is 11.3 Å². The van der Waals surface area contributed by atoms with E-state index in [-0.39, 0.29) is 16.2 Å². The normalized spacial score (nSPS) is 11.1. The summed E-state index contributed by atoms with van der Waals surface area (Å²) in [5.41, 5.74) is 0.0626. The second kappa shape index (κ2) is 8.45. The summed E-state index contributed by atoms with van der Waals surface area (Å²) < 4.78 is 8.68. The van der Waals surface area contributed by atoms with Crippen LogP contribution in [-0.2, 0) is 6.54 Å². The van der Waals surface area contributed by atoms with Crippen LogP contribution in [0.4, 0.5) is 0 Å². The molecule has 0 spiro atoms. The van der Waals surface area contributed by atoms with E-state index in [1.165, 1.54) is 17.9 Å². The van der Waals surface area contributed by atoms with Gasteiger partial charge in [-0.15, -0.1) is 0 Å². The van der Waals surface area contributed by atoms with Crippen molar-refractivity contribution in [1.29, 1.82) is 0 Å². The number of nitrogens with one attached hydrogen (secondary N) is 1. The van der Waals surface area contributed by atoms with Crippen LogP contribution in [0, 0.1) is 4.77 Å². The van der Waals surface area contributed by atoms with Crippen molar-refractivity contribution in [1.82, 2.24) is 19.1 Å². The minimum absolute atomic E-state index is 0.0390. The number of H-pyrrole nitrogens is 1. The van der Waals surface area contributed by atoms with Gasteiger partial charge >= 0.3 is 0 Å². The van der Waals surface area contributed by atoms with Crippen molar-refractivity contribution in [3.05, 3.63) is 63.7 Å². The summed E-state index contributed by atoms with van der Waals surface area (Å²) in [6.45, 7) is 1.27. The molecule has 0 atom stereocenters. The number of aromatic amines is 1. The fraction of sp³-hybridized carbons (Fsp3) is 0.222. The van der Waals surface area contributed by atoms with Crippen LogP contribution in [0.15, 0.2) is 52.8 Å². The summed E-state index contributed by atoms with van der Waals surface area (Å²) in [5, 5.41) is 10.6. The average Bonchev–Trinajstić information content (AvgIpc) is 3.17. The number of imidazole rings is 1. The number of methoxy groups -OCH3 is 1. The highest BCUT2D eigenvalue weighted by Gasteiger charge is 2.15. The van der Waals surface area contributed by atoms with Crippen LogP contribution >= 0.6 is 12.2 Å². The van der Waals surface area contributed by atoms with Crippen LogP contribution in [-0.4, -0.2) is 44.1 Å². The first-order valence-corrected chi connectivity index (χ1v) is 8.70. The number of aromatic hydroxyl groups is 1. The number of benzene rings is 1. The second-order valence-electron chi connectivity index (χ2n) is 5.69. The second-order valence-corrected chi connectivity index (χ2v) is 6.08. The highest BCUT2D eigenvalue weighted by atomic mass is 32.1. The van der Waals surface area contributed by atoms with Gasteiger partial charge in [0.25, 0.3) is 5.56 Å². The van der Waals surface area contributed by atoms with Crippen molar-refractivity contribution >= 4 is 18.4 Å². The van der Waals surface area contributed by atoms with Crippen molar-refractivity contribution in [2.45, 2.75) is 13.0 Å². The first kappa shape index (κ1) is 18.6. The largest absolute Gasteiger partial charge is 0.495 e. The molecule has 27 heavy (non-hydrogen) atoms. The maximum Gasteiger partial charge on any atom is 0.264 e. The predicted molar refractivity (Wildman–Crippen MR) is 105 cm³/mol. The number of ether oxygens (including phenoxy) is 1. The van der Waals surface area contributed by atoms with E-state index >= 15 is 0 Å². The van der Waals surface area contributed by atoms with Crippen molar-refractivity contribution < 1.29 is 9.84 Å². The molecule has 140 valence electrons. The molecule has 0 saturated carbocycles. The van der Waals surface area contributed by atoms with Gasteiger partial charge in [-0.1, -0.05) is 12.1 Å². The van der Waals surface area contributed by atoms with Gasteiger partial charge in [-0.2, -0.15) is 0 Å². The zero-order valence-corrected chi connectivity index (χ0v) is 15.5. The minimum Gasteiger partial charge on any atom is -0.495 e. The van der Waals surface area contributed by atoms with E-state index in [2.05, 4.69) is 15.0 Å². The third-order valence-electron chi connectivity index (χ3n) is 3.93. The molecule has 1 aromatic carbocycles. The van der Waals surface area contributed by atoms with E-state index in [0.29, 0.717) is 18.0 Å². The lowest BCUT2D eigenvalue weighted by Gasteiger charge is -2.14. The van der Waals surface area contributed by atoms with Gasteiger partial charge in [-0.05, 0) is 30.8 Å². The maximum atomic E-state index is 12.2. The molecule has 2 aromatic heterocycles. The van der Waals surface area contributed by atoms with Gasteiger partial charge in [0.2, 0.25) is 5.88 Å². The lowest BCUT2D eigenvalue weighted by molar-refractivity contribution is 0.402. The van der Waals surface area contributed by atoms with Gasteiger partial charge in [0, 0.05) is 31.7 Å². The van der Waals surface area contributed by atoms with Crippen LogP contribution < -0.4 is 10.3 Å². The van der Waals surface area contributed by atoms with E-state index < -0.39 is 5.56 Å². The summed E-state index contributed by atoms with van der Waals surface area (Å²) in [7, 11) is 1.52. The molecule has 8 nitrogen and oxygen atoms in total. The molecule has 0 bridgehead atoms. The first-order chi connectivity index (χ1) is 13.1. The SMILES string of the molecule is COc1ccccc1-n1c(O)c(C=NCCCn2ccnc2)c(=O)[nH]c1=S. The fourth-order valence-corrected chi connectivity index (χ4v) is 2.89. The van der Waals surface area contributed by atoms with Crippen molar-refractivity contribution in [2.75, 3.05) is 13.7 Å². The lowest BCUT2D eigenvalue weighted by Crippen LogP contribution is -2.18. The Labute approximate surface area is 160 Å². The highest BCUT2D eigenvalue weighted by molar-refractivity contribution is 7.71. The topological polar surface area (TPSA) is 97.4 Å². The highest BCUT2D eigenvalue weighted by Crippen LogP contribution is 2.26. The quantitative estimate of drug-likeness (QED) is 0.370. The fourth-order valence-electron chi connectivity index (χ4n) is 2.61. The number of hydrogen-bond acceptors (Lipinski definition) is 6. The van der Waals surface area contributed by atoms with E-state index in [0.717, 1.165) is 13.0 Å². The number of aryl methyl sites for hydroxylation is 1. The summed E-state index contributed by atoms with van der Waals surface area (Å²) in [4.78, 5) is 23.0. The molecule has 0 aliphatic heterocycles. The molecule has 3 rings (SSSR count). The predicted octanol–water partition coefficient (Wildman–Crippen LogP) is 2.31. The number of nitrogens with zero attached hydrogens (tertiary/aromatic N) is 4. The van der Waals surface area contributed by atoms with Gasteiger partial charge in [0.15, 0.2) is 4.77 Å². The molecule has 0 unspecified atom stereocenters. The maximum absolute atomic E-state index is 12.2. The van der Waals surface area contributed by atoms with Crippen LogP contribution in [0.5, 0.6) is 11.6 Å². The average molecular weight is 385 g/mol. The Morgan fingerprint density at radius 2 is 2.22 bits per heavy atom. The Kier molecular flexibility index (Phi) is 5.82. The third kappa shape index (κ3) is 4.14. The number of para-hydroxylation sites is 2. The van der Waals surface area contributed by atoms with Crippen LogP contribution in [0.3, 0.4) is 0 Å². The zero-order valence-electron chi connectivity index (χ0n) is 14.7. The first-order valence-electron chi connectivity index (χ1n) is 8.29. The Hall–Kier alpha value is -3.20. The van der Waals surface area contributed by atoms with Crippen LogP contribution in [0.25, 0.3) is 5.69 Å². The molecule has 0 aliphatic rings. The Morgan fingerprint density at radius 3 is 2.96 bits per heavy atom. The van der Waals surface area contributed by atoms with Gasteiger partial charge in [0.05, 0.1) is 19.1 Å². The number of aromatic nitrogens is 4. The van der Waals surface area contributed by atoms with Gasteiger partial charge in [-0.3, -0.25) is 19.3 Å². The molecular weight excluding hydrogens is 366 g/mol. The molecule has 0 aliphatic carbocycles. The smallest absolute Gasteiger partial charge is 0.264 e.